The molecule has 0 spiro atoms. The molecule has 0 aliphatic heterocycles. The smallest absolute Gasteiger partial charge is 0.319 e. The molecule has 0 heterocycles. The number of carbonyl (C=O) groups excluding carboxylic acids is 1. The molecule has 3 heteroatoms. The minimum atomic E-state index is -0.156. The number of urea groups is 1. The SMILES string of the molecule is CC(C)NC(=O)Nc1ccccc1C(C)(C)C. The van der Waals surface area contributed by atoms with Gasteiger partial charge >= 0.3 is 6.03 Å². The summed E-state index contributed by atoms with van der Waals surface area (Å²) in [6.45, 7) is 10.3. The summed E-state index contributed by atoms with van der Waals surface area (Å²) in [5.41, 5.74) is 2.03. The molecule has 0 radical (unpaired) electrons. The van der Waals surface area contributed by atoms with Crippen molar-refractivity contribution in [3.63, 3.8) is 0 Å². The molecule has 94 valence electrons. The van der Waals surface area contributed by atoms with E-state index in [1.807, 2.05) is 38.1 Å². The molecular formula is C14H22N2O. The zero-order chi connectivity index (χ0) is 13.1. The average Bonchev–Trinajstić information content (AvgIpc) is 2.15. The van der Waals surface area contributed by atoms with Crippen LogP contribution in [0.1, 0.15) is 40.2 Å². The first-order chi connectivity index (χ1) is 7.80. The lowest BCUT2D eigenvalue weighted by atomic mass is 9.86. The van der Waals surface area contributed by atoms with Gasteiger partial charge in [-0.25, -0.2) is 4.79 Å². The van der Waals surface area contributed by atoms with Crippen LogP contribution in [0.4, 0.5) is 10.5 Å². The second kappa shape index (κ2) is 5.21. The Morgan fingerprint density at radius 3 is 2.29 bits per heavy atom. The quantitative estimate of drug-likeness (QED) is 0.807. The van der Waals surface area contributed by atoms with Crippen LogP contribution in [0.15, 0.2) is 24.3 Å². The number of benzene rings is 1. The van der Waals surface area contributed by atoms with Crippen molar-refractivity contribution in [2.45, 2.75) is 46.1 Å². The van der Waals surface area contributed by atoms with Crippen molar-refractivity contribution in [3.8, 4) is 0 Å². The van der Waals surface area contributed by atoms with E-state index in [0.29, 0.717) is 0 Å². The predicted octanol–water partition coefficient (Wildman–Crippen LogP) is 3.51. The third kappa shape index (κ3) is 4.10. The van der Waals surface area contributed by atoms with Crippen LogP contribution in [0, 0.1) is 0 Å². The van der Waals surface area contributed by atoms with E-state index >= 15 is 0 Å². The fraction of sp³-hybridized carbons (Fsp3) is 0.500. The molecule has 0 aliphatic rings. The molecular weight excluding hydrogens is 212 g/mol. The van der Waals surface area contributed by atoms with E-state index < -0.39 is 0 Å². The molecule has 2 N–H and O–H groups in total. The third-order valence-electron chi connectivity index (χ3n) is 2.40. The number of carbonyl (C=O) groups is 1. The summed E-state index contributed by atoms with van der Waals surface area (Å²) in [5.74, 6) is 0. The lowest BCUT2D eigenvalue weighted by molar-refractivity contribution is 0.250. The Kier molecular flexibility index (Phi) is 4.16. The number of anilines is 1. The Morgan fingerprint density at radius 1 is 1.18 bits per heavy atom. The molecule has 0 bridgehead atoms. The van der Waals surface area contributed by atoms with Crippen molar-refractivity contribution in [2.24, 2.45) is 0 Å². The number of rotatable bonds is 2. The Hall–Kier alpha value is -1.51. The molecule has 0 atom stereocenters. The van der Waals surface area contributed by atoms with Crippen molar-refractivity contribution in [1.82, 2.24) is 5.32 Å². The van der Waals surface area contributed by atoms with Crippen molar-refractivity contribution in [2.75, 3.05) is 5.32 Å². The molecule has 1 aromatic rings. The van der Waals surface area contributed by atoms with Gasteiger partial charge in [0.15, 0.2) is 0 Å². The maximum Gasteiger partial charge on any atom is 0.319 e. The summed E-state index contributed by atoms with van der Waals surface area (Å²) >= 11 is 0. The first kappa shape index (κ1) is 13.6. The molecule has 17 heavy (non-hydrogen) atoms. The summed E-state index contributed by atoms with van der Waals surface area (Å²) in [6, 6.07) is 7.88. The van der Waals surface area contributed by atoms with Crippen LogP contribution in [0.3, 0.4) is 0 Å². The van der Waals surface area contributed by atoms with Crippen LogP contribution in [0.25, 0.3) is 0 Å². The van der Waals surface area contributed by atoms with Gasteiger partial charge < -0.3 is 10.6 Å². The van der Waals surface area contributed by atoms with E-state index in [0.717, 1.165) is 11.3 Å². The average molecular weight is 234 g/mol. The van der Waals surface area contributed by atoms with Crippen LogP contribution < -0.4 is 10.6 Å². The standard InChI is InChI=1S/C14H22N2O/c1-10(2)15-13(17)16-12-9-7-6-8-11(12)14(3,4)5/h6-10H,1-5H3,(H2,15,16,17). The van der Waals surface area contributed by atoms with E-state index in [1.165, 1.54) is 0 Å². The minimum Gasteiger partial charge on any atom is -0.336 e. The molecule has 1 rings (SSSR count). The second-order valence-corrected chi connectivity index (χ2v) is 5.55. The van der Waals surface area contributed by atoms with Crippen molar-refractivity contribution in [3.05, 3.63) is 29.8 Å². The van der Waals surface area contributed by atoms with Crippen molar-refractivity contribution in [1.29, 1.82) is 0 Å². The Morgan fingerprint density at radius 2 is 1.76 bits per heavy atom. The summed E-state index contributed by atoms with van der Waals surface area (Å²) in [5, 5.41) is 5.72. The number of hydrogen-bond donors (Lipinski definition) is 2. The highest BCUT2D eigenvalue weighted by molar-refractivity contribution is 5.90. The highest BCUT2D eigenvalue weighted by atomic mass is 16.2. The van der Waals surface area contributed by atoms with Gasteiger partial charge in [-0.15, -0.1) is 0 Å². The molecule has 0 saturated heterocycles. The van der Waals surface area contributed by atoms with Gasteiger partial charge in [0, 0.05) is 11.7 Å². The van der Waals surface area contributed by atoms with Gasteiger partial charge in [-0.2, -0.15) is 0 Å². The zero-order valence-corrected chi connectivity index (χ0v) is 11.3. The monoisotopic (exact) mass is 234 g/mol. The first-order valence-electron chi connectivity index (χ1n) is 5.97. The summed E-state index contributed by atoms with van der Waals surface area (Å²) < 4.78 is 0. The van der Waals surface area contributed by atoms with Gasteiger partial charge in [0.2, 0.25) is 0 Å². The molecule has 0 aliphatic carbocycles. The number of hydrogen-bond acceptors (Lipinski definition) is 1. The van der Waals surface area contributed by atoms with Crippen LogP contribution in [-0.4, -0.2) is 12.1 Å². The third-order valence-corrected chi connectivity index (χ3v) is 2.40. The van der Waals surface area contributed by atoms with E-state index in [2.05, 4.69) is 31.4 Å². The molecule has 1 aromatic carbocycles. The highest BCUT2D eigenvalue weighted by Gasteiger charge is 2.18. The first-order valence-corrected chi connectivity index (χ1v) is 5.97. The molecule has 0 fully saturated rings. The normalized spacial score (nSPS) is 11.4. The molecule has 0 saturated carbocycles. The fourth-order valence-electron chi connectivity index (χ4n) is 1.67. The van der Waals surface area contributed by atoms with E-state index in [4.69, 9.17) is 0 Å². The Labute approximate surface area is 104 Å². The predicted molar refractivity (Wildman–Crippen MR) is 72.4 cm³/mol. The minimum absolute atomic E-state index is 0.0156. The van der Waals surface area contributed by atoms with Crippen LogP contribution in [0.5, 0.6) is 0 Å². The van der Waals surface area contributed by atoms with E-state index in [-0.39, 0.29) is 17.5 Å². The summed E-state index contributed by atoms with van der Waals surface area (Å²) in [7, 11) is 0. The van der Waals surface area contributed by atoms with Crippen LogP contribution >= 0.6 is 0 Å². The Bertz CT molecular complexity index is 391. The van der Waals surface area contributed by atoms with Gasteiger partial charge in [-0.05, 0) is 30.9 Å². The number of para-hydroxylation sites is 1. The van der Waals surface area contributed by atoms with Crippen LogP contribution in [-0.2, 0) is 5.41 Å². The highest BCUT2D eigenvalue weighted by Crippen LogP contribution is 2.29. The van der Waals surface area contributed by atoms with E-state index in [1.54, 1.807) is 0 Å². The zero-order valence-electron chi connectivity index (χ0n) is 11.3. The van der Waals surface area contributed by atoms with Crippen molar-refractivity contribution >= 4 is 11.7 Å². The van der Waals surface area contributed by atoms with Gasteiger partial charge in [-0.3, -0.25) is 0 Å². The van der Waals surface area contributed by atoms with Crippen LogP contribution in [0.2, 0.25) is 0 Å². The molecule has 0 unspecified atom stereocenters. The largest absolute Gasteiger partial charge is 0.336 e. The van der Waals surface area contributed by atoms with Gasteiger partial charge in [0.05, 0.1) is 0 Å². The van der Waals surface area contributed by atoms with Crippen molar-refractivity contribution < 1.29 is 4.79 Å². The maximum atomic E-state index is 11.7. The lowest BCUT2D eigenvalue weighted by Crippen LogP contribution is -2.34. The van der Waals surface area contributed by atoms with Gasteiger partial charge in [0.1, 0.15) is 0 Å². The van der Waals surface area contributed by atoms with Gasteiger partial charge in [-0.1, -0.05) is 39.0 Å². The summed E-state index contributed by atoms with van der Waals surface area (Å²) in [4.78, 5) is 11.7. The van der Waals surface area contributed by atoms with Gasteiger partial charge in [0.25, 0.3) is 0 Å². The Balaban J connectivity index is 2.88. The fourth-order valence-corrected chi connectivity index (χ4v) is 1.67. The maximum absolute atomic E-state index is 11.7. The summed E-state index contributed by atoms with van der Waals surface area (Å²) in [6.07, 6.45) is 0. The van der Waals surface area contributed by atoms with E-state index in [9.17, 15) is 4.79 Å². The molecule has 2 amide bonds. The number of nitrogens with one attached hydrogen (secondary N) is 2. The topological polar surface area (TPSA) is 41.1 Å². The second-order valence-electron chi connectivity index (χ2n) is 5.55. The molecule has 3 nitrogen and oxygen atoms in total. The number of amides is 2. The molecule has 0 aromatic heterocycles. The lowest BCUT2D eigenvalue weighted by Gasteiger charge is -2.23.